The van der Waals surface area contributed by atoms with E-state index in [0.717, 1.165) is 12.0 Å². The zero-order valence-electron chi connectivity index (χ0n) is 8.08. The summed E-state index contributed by atoms with van der Waals surface area (Å²) in [6, 6.07) is 9.16. The summed E-state index contributed by atoms with van der Waals surface area (Å²) >= 11 is 0. The summed E-state index contributed by atoms with van der Waals surface area (Å²) in [5.74, 6) is 0. The molecule has 1 aromatic rings. The molecule has 0 saturated heterocycles. The highest BCUT2D eigenvalue weighted by atomic mass is 16.6. The SMILES string of the molecule is CCON=CCc1cc[c]c(C)c1. The largest absolute Gasteiger partial charge is 0.396 e. The molecule has 0 heterocycles. The molecule has 0 saturated carbocycles. The van der Waals surface area contributed by atoms with Crippen molar-refractivity contribution < 1.29 is 4.84 Å². The normalized spacial score (nSPS) is 10.6. The molecule has 0 aliphatic heterocycles. The third kappa shape index (κ3) is 3.74. The summed E-state index contributed by atoms with van der Waals surface area (Å²) < 4.78 is 0. The molecule has 2 heteroatoms. The lowest BCUT2D eigenvalue weighted by Gasteiger charge is -1.96. The van der Waals surface area contributed by atoms with E-state index in [-0.39, 0.29) is 0 Å². The van der Waals surface area contributed by atoms with Gasteiger partial charge in [0.05, 0.1) is 0 Å². The molecule has 0 unspecified atom stereocenters. The minimum atomic E-state index is 0.623. The summed E-state index contributed by atoms with van der Waals surface area (Å²) in [4.78, 5) is 4.85. The first-order valence-electron chi connectivity index (χ1n) is 4.44. The van der Waals surface area contributed by atoms with Crippen molar-refractivity contribution in [1.29, 1.82) is 0 Å². The number of hydrogen-bond donors (Lipinski definition) is 0. The van der Waals surface area contributed by atoms with Crippen LogP contribution in [0.25, 0.3) is 0 Å². The molecule has 0 spiro atoms. The lowest BCUT2D eigenvalue weighted by Crippen LogP contribution is -1.88. The molecule has 0 aromatic heterocycles. The smallest absolute Gasteiger partial charge is 0.114 e. The zero-order valence-corrected chi connectivity index (χ0v) is 8.08. The maximum Gasteiger partial charge on any atom is 0.114 e. The molecule has 2 nitrogen and oxygen atoms in total. The van der Waals surface area contributed by atoms with Crippen molar-refractivity contribution in [2.75, 3.05) is 6.61 Å². The third-order valence-electron chi connectivity index (χ3n) is 1.62. The summed E-state index contributed by atoms with van der Waals surface area (Å²) in [7, 11) is 0. The summed E-state index contributed by atoms with van der Waals surface area (Å²) in [6.45, 7) is 4.57. The maximum atomic E-state index is 4.85. The molecular formula is C11H14NO. The van der Waals surface area contributed by atoms with Gasteiger partial charge in [-0.2, -0.15) is 0 Å². The van der Waals surface area contributed by atoms with Crippen LogP contribution in [0.2, 0.25) is 0 Å². The minimum Gasteiger partial charge on any atom is -0.396 e. The lowest BCUT2D eigenvalue weighted by atomic mass is 10.1. The predicted octanol–water partition coefficient (Wildman–Crippen LogP) is 2.36. The number of nitrogens with zero attached hydrogens (tertiary/aromatic N) is 1. The molecule has 0 aliphatic carbocycles. The highest BCUT2D eigenvalue weighted by Gasteiger charge is 1.89. The second-order valence-electron chi connectivity index (χ2n) is 2.79. The molecule has 0 bridgehead atoms. The molecule has 69 valence electrons. The van der Waals surface area contributed by atoms with E-state index >= 15 is 0 Å². The quantitative estimate of drug-likeness (QED) is 0.509. The predicted molar refractivity (Wildman–Crippen MR) is 53.8 cm³/mol. The van der Waals surface area contributed by atoms with Crippen LogP contribution in [-0.4, -0.2) is 12.8 Å². The Labute approximate surface area is 79.2 Å². The Bertz CT molecular complexity index is 281. The first kappa shape index (κ1) is 9.78. The molecule has 0 N–H and O–H groups in total. The molecule has 0 atom stereocenters. The fourth-order valence-electron chi connectivity index (χ4n) is 1.04. The Morgan fingerprint density at radius 3 is 3.15 bits per heavy atom. The number of rotatable bonds is 4. The van der Waals surface area contributed by atoms with E-state index in [1.807, 2.05) is 26.0 Å². The monoisotopic (exact) mass is 176 g/mol. The van der Waals surface area contributed by atoms with Gasteiger partial charge in [0, 0.05) is 12.6 Å². The number of hydrogen-bond acceptors (Lipinski definition) is 2. The molecular weight excluding hydrogens is 162 g/mol. The van der Waals surface area contributed by atoms with Gasteiger partial charge in [-0.25, -0.2) is 0 Å². The fourth-order valence-corrected chi connectivity index (χ4v) is 1.04. The first-order chi connectivity index (χ1) is 6.33. The maximum absolute atomic E-state index is 4.85. The van der Waals surface area contributed by atoms with Crippen LogP contribution < -0.4 is 0 Å². The Kier molecular flexibility index (Phi) is 4.03. The van der Waals surface area contributed by atoms with Crippen LogP contribution in [0.5, 0.6) is 0 Å². The zero-order chi connectivity index (χ0) is 9.52. The molecule has 13 heavy (non-hydrogen) atoms. The molecule has 1 radical (unpaired) electrons. The highest BCUT2D eigenvalue weighted by Crippen LogP contribution is 2.02. The van der Waals surface area contributed by atoms with Crippen molar-refractivity contribution in [3.63, 3.8) is 0 Å². The Balaban J connectivity index is 2.45. The average molecular weight is 176 g/mol. The van der Waals surface area contributed by atoms with E-state index in [4.69, 9.17) is 4.84 Å². The topological polar surface area (TPSA) is 21.6 Å². The van der Waals surface area contributed by atoms with Crippen molar-refractivity contribution in [3.8, 4) is 0 Å². The van der Waals surface area contributed by atoms with E-state index in [1.54, 1.807) is 6.21 Å². The Morgan fingerprint density at radius 2 is 2.46 bits per heavy atom. The molecule has 1 rings (SSSR count). The molecule has 0 fully saturated rings. The van der Waals surface area contributed by atoms with Gasteiger partial charge in [-0.3, -0.25) is 0 Å². The average Bonchev–Trinajstić information content (AvgIpc) is 2.13. The van der Waals surface area contributed by atoms with Crippen molar-refractivity contribution in [2.45, 2.75) is 20.3 Å². The van der Waals surface area contributed by atoms with Crippen LogP contribution in [-0.2, 0) is 11.3 Å². The minimum absolute atomic E-state index is 0.623. The van der Waals surface area contributed by atoms with E-state index < -0.39 is 0 Å². The molecule has 1 aromatic carbocycles. The van der Waals surface area contributed by atoms with Crippen molar-refractivity contribution >= 4 is 6.21 Å². The van der Waals surface area contributed by atoms with Gasteiger partial charge in [0.1, 0.15) is 6.61 Å². The van der Waals surface area contributed by atoms with Gasteiger partial charge >= 0.3 is 0 Å². The number of aryl methyl sites for hydroxylation is 1. The van der Waals surface area contributed by atoms with Gasteiger partial charge in [0.25, 0.3) is 0 Å². The van der Waals surface area contributed by atoms with Crippen molar-refractivity contribution in [1.82, 2.24) is 0 Å². The fraction of sp³-hybridized carbons (Fsp3) is 0.364. The molecule has 0 amide bonds. The second-order valence-corrected chi connectivity index (χ2v) is 2.79. The van der Waals surface area contributed by atoms with E-state index in [9.17, 15) is 0 Å². The van der Waals surface area contributed by atoms with Crippen LogP contribution in [0, 0.1) is 13.0 Å². The van der Waals surface area contributed by atoms with Gasteiger partial charge in [-0.05, 0) is 31.0 Å². The van der Waals surface area contributed by atoms with Gasteiger partial charge in [-0.1, -0.05) is 23.4 Å². The number of benzene rings is 1. The third-order valence-corrected chi connectivity index (χ3v) is 1.62. The van der Waals surface area contributed by atoms with Crippen LogP contribution >= 0.6 is 0 Å². The van der Waals surface area contributed by atoms with Crippen LogP contribution in [0.15, 0.2) is 23.4 Å². The highest BCUT2D eigenvalue weighted by molar-refractivity contribution is 5.60. The number of oxime groups is 1. The second kappa shape index (κ2) is 5.36. The Hall–Kier alpha value is -1.31. The van der Waals surface area contributed by atoms with E-state index in [0.29, 0.717) is 6.61 Å². The standard InChI is InChI=1S/C11H14NO/c1-3-13-12-8-7-11-6-4-5-10(2)9-11/h4,6,8-9H,3,7H2,1-2H3. The van der Waals surface area contributed by atoms with Crippen LogP contribution in [0.4, 0.5) is 0 Å². The van der Waals surface area contributed by atoms with Crippen molar-refractivity contribution in [2.24, 2.45) is 5.16 Å². The van der Waals surface area contributed by atoms with Crippen LogP contribution in [0.1, 0.15) is 18.1 Å². The van der Waals surface area contributed by atoms with Crippen LogP contribution in [0.3, 0.4) is 0 Å². The van der Waals surface area contributed by atoms with E-state index in [2.05, 4.69) is 17.3 Å². The summed E-state index contributed by atoms with van der Waals surface area (Å²) in [5, 5.41) is 3.78. The van der Waals surface area contributed by atoms with E-state index in [1.165, 1.54) is 5.56 Å². The Morgan fingerprint density at radius 1 is 1.62 bits per heavy atom. The van der Waals surface area contributed by atoms with Crippen molar-refractivity contribution in [3.05, 3.63) is 35.4 Å². The first-order valence-corrected chi connectivity index (χ1v) is 4.44. The summed E-state index contributed by atoms with van der Waals surface area (Å²) in [6.07, 6.45) is 2.59. The van der Waals surface area contributed by atoms with Gasteiger partial charge in [0.2, 0.25) is 0 Å². The molecule has 0 aliphatic rings. The van der Waals surface area contributed by atoms with Gasteiger partial charge in [-0.15, -0.1) is 0 Å². The van der Waals surface area contributed by atoms with Gasteiger partial charge in [0.15, 0.2) is 0 Å². The summed E-state index contributed by atoms with van der Waals surface area (Å²) in [5.41, 5.74) is 2.39. The van der Waals surface area contributed by atoms with Gasteiger partial charge < -0.3 is 4.84 Å². The lowest BCUT2D eigenvalue weighted by molar-refractivity contribution is 0.160.